The lowest BCUT2D eigenvalue weighted by Crippen LogP contribution is -2.33. The van der Waals surface area contributed by atoms with Crippen LogP contribution in [0.1, 0.15) is 34.6 Å². The van der Waals surface area contributed by atoms with Crippen LogP contribution in [-0.4, -0.2) is 43.1 Å². The predicted octanol–water partition coefficient (Wildman–Crippen LogP) is 2.14. The number of carbonyl (C=O) groups excluding carboxylic acids is 1. The van der Waals surface area contributed by atoms with Crippen LogP contribution in [0.5, 0.6) is 0 Å². The molecule has 2 aromatic rings. The van der Waals surface area contributed by atoms with E-state index >= 15 is 0 Å². The Morgan fingerprint density at radius 1 is 1.31 bits per heavy atom. The van der Waals surface area contributed by atoms with E-state index in [4.69, 9.17) is 5.11 Å². The van der Waals surface area contributed by atoms with E-state index in [2.05, 4.69) is 5.10 Å². The normalized spacial score (nSPS) is 10.5. The van der Waals surface area contributed by atoms with Crippen molar-refractivity contribution in [1.29, 1.82) is 0 Å². The minimum absolute atomic E-state index is 0.0922. The number of hydrogen-bond acceptors (Lipinski definition) is 5. The molecular formula is C17H20N4O5. The molecule has 0 saturated heterocycles. The number of aliphatic carboxylic acids is 1. The van der Waals surface area contributed by atoms with Crippen LogP contribution in [0.4, 0.5) is 5.69 Å². The highest BCUT2D eigenvalue weighted by molar-refractivity contribution is 5.96. The Labute approximate surface area is 150 Å². The lowest BCUT2D eigenvalue weighted by atomic mass is 10.1. The third kappa shape index (κ3) is 4.44. The van der Waals surface area contributed by atoms with Gasteiger partial charge in [0, 0.05) is 26.6 Å². The molecule has 0 aliphatic heterocycles. The quantitative estimate of drug-likeness (QED) is 0.569. The summed E-state index contributed by atoms with van der Waals surface area (Å²) in [4.78, 5) is 35.9. The molecule has 0 aliphatic carbocycles. The fraction of sp³-hybridized carbons (Fsp3) is 0.353. The molecular weight excluding hydrogens is 340 g/mol. The van der Waals surface area contributed by atoms with Gasteiger partial charge in [-0.1, -0.05) is 30.3 Å². The zero-order valence-electron chi connectivity index (χ0n) is 14.6. The predicted molar refractivity (Wildman–Crippen MR) is 92.7 cm³/mol. The van der Waals surface area contributed by atoms with Gasteiger partial charge in [0.1, 0.15) is 5.69 Å². The fourth-order valence-corrected chi connectivity index (χ4v) is 2.73. The minimum atomic E-state index is -0.959. The Morgan fingerprint density at radius 3 is 2.54 bits per heavy atom. The van der Waals surface area contributed by atoms with Gasteiger partial charge in [-0.3, -0.25) is 24.4 Å². The third-order valence-electron chi connectivity index (χ3n) is 3.90. The van der Waals surface area contributed by atoms with E-state index in [0.717, 1.165) is 5.56 Å². The molecule has 9 nitrogen and oxygen atoms in total. The molecule has 26 heavy (non-hydrogen) atoms. The average Bonchev–Trinajstić information content (AvgIpc) is 2.88. The maximum absolute atomic E-state index is 13.0. The number of carboxylic acids is 1. The van der Waals surface area contributed by atoms with Gasteiger partial charge in [-0.15, -0.1) is 0 Å². The molecule has 0 atom stereocenters. The number of rotatable bonds is 8. The molecule has 0 fully saturated rings. The van der Waals surface area contributed by atoms with Gasteiger partial charge in [-0.25, -0.2) is 0 Å². The van der Waals surface area contributed by atoms with E-state index < -0.39 is 16.8 Å². The van der Waals surface area contributed by atoms with Crippen LogP contribution >= 0.6 is 0 Å². The maximum Gasteiger partial charge on any atom is 0.322 e. The van der Waals surface area contributed by atoms with Crippen molar-refractivity contribution in [2.75, 3.05) is 6.54 Å². The Balaban J connectivity index is 2.33. The molecule has 1 aromatic carbocycles. The summed E-state index contributed by atoms with van der Waals surface area (Å²) in [6, 6.07) is 9.16. The first kappa shape index (κ1) is 19.1. The lowest BCUT2D eigenvalue weighted by Gasteiger charge is -2.22. The molecule has 0 unspecified atom stereocenters. The van der Waals surface area contributed by atoms with Crippen molar-refractivity contribution in [3.8, 4) is 0 Å². The second kappa shape index (κ2) is 8.24. The Morgan fingerprint density at radius 2 is 1.96 bits per heavy atom. The molecule has 0 aliphatic rings. The molecule has 138 valence electrons. The van der Waals surface area contributed by atoms with Gasteiger partial charge in [0.25, 0.3) is 5.91 Å². The van der Waals surface area contributed by atoms with E-state index in [1.54, 1.807) is 0 Å². The van der Waals surface area contributed by atoms with Gasteiger partial charge < -0.3 is 10.0 Å². The summed E-state index contributed by atoms with van der Waals surface area (Å²) in [5.41, 5.74) is 0.566. The number of carbonyl (C=O) groups is 2. The number of hydrogen-bond donors (Lipinski definition) is 1. The minimum Gasteiger partial charge on any atom is -0.481 e. The molecule has 1 heterocycles. The van der Waals surface area contributed by atoms with E-state index in [-0.39, 0.29) is 43.0 Å². The van der Waals surface area contributed by atoms with Gasteiger partial charge in [-0.2, -0.15) is 5.10 Å². The molecule has 2 rings (SSSR count). The smallest absolute Gasteiger partial charge is 0.322 e. The van der Waals surface area contributed by atoms with Crippen LogP contribution in [0, 0.1) is 17.0 Å². The summed E-state index contributed by atoms with van der Waals surface area (Å²) in [6.07, 6.45) is 0.156. The maximum atomic E-state index is 13.0. The highest BCUT2D eigenvalue weighted by atomic mass is 16.6. The second-order valence-corrected chi connectivity index (χ2v) is 5.87. The summed E-state index contributed by atoms with van der Waals surface area (Å²) < 4.78 is 1.20. The number of nitro groups is 1. The van der Waals surface area contributed by atoms with Crippen molar-refractivity contribution < 1.29 is 19.6 Å². The Kier molecular flexibility index (Phi) is 6.05. The van der Waals surface area contributed by atoms with Crippen LogP contribution in [0.3, 0.4) is 0 Å². The molecule has 1 N–H and O–H groups in total. The largest absolute Gasteiger partial charge is 0.481 e. The Hall–Kier alpha value is -3.23. The molecule has 0 radical (unpaired) electrons. The molecule has 0 spiro atoms. The standard InChI is InChI=1S/C17H20N4O5/c1-12-15(21(25)26)16(19(2)18-12)17(24)20(10-6-9-14(22)23)11-13-7-4-3-5-8-13/h3-5,7-8H,6,9-11H2,1-2H3,(H,22,23). The number of aromatic nitrogens is 2. The van der Waals surface area contributed by atoms with Gasteiger partial charge in [0.2, 0.25) is 5.69 Å². The van der Waals surface area contributed by atoms with Gasteiger partial charge in [-0.05, 0) is 18.9 Å². The van der Waals surface area contributed by atoms with Crippen LogP contribution in [-0.2, 0) is 18.4 Å². The summed E-state index contributed by atoms with van der Waals surface area (Å²) in [6.45, 7) is 1.86. The zero-order valence-corrected chi connectivity index (χ0v) is 14.6. The number of carboxylic acid groups (broad SMARTS) is 1. The lowest BCUT2D eigenvalue weighted by molar-refractivity contribution is -0.385. The fourth-order valence-electron chi connectivity index (χ4n) is 2.73. The van der Waals surface area contributed by atoms with Crippen molar-refractivity contribution >= 4 is 17.6 Å². The SMILES string of the molecule is Cc1nn(C)c(C(=O)N(CCCC(=O)O)Cc2ccccc2)c1[N+](=O)[O-]. The van der Waals surface area contributed by atoms with Crippen molar-refractivity contribution in [2.24, 2.45) is 7.05 Å². The first-order chi connectivity index (χ1) is 12.3. The highest BCUT2D eigenvalue weighted by Crippen LogP contribution is 2.24. The zero-order chi connectivity index (χ0) is 19.3. The number of nitrogens with zero attached hydrogens (tertiary/aromatic N) is 4. The van der Waals surface area contributed by atoms with Crippen molar-refractivity contribution in [2.45, 2.75) is 26.3 Å². The first-order valence-corrected chi connectivity index (χ1v) is 8.04. The molecule has 0 saturated carbocycles. The monoisotopic (exact) mass is 360 g/mol. The van der Waals surface area contributed by atoms with Crippen LogP contribution < -0.4 is 0 Å². The van der Waals surface area contributed by atoms with Crippen molar-refractivity contribution in [3.05, 3.63) is 57.4 Å². The molecule has 1 aromatic heterocycles. The van der Waals surface area contributed by atoms with Crippen LogP contribution in [0.15, 0.2) is 30.3 Å². The second-order valence-electron chi connectivity index (χ2n) is 5.87. The summed E-state index contributed by atoms with van der Waals surface area (Å²) in [7, 11) is 1.48. The van der Waals surface area contributed by atoms with Crippen molar-refractivity contribution in [3.63, 3.8) is 0 Å². The van der Waals surface area contributed by atoms with Crippen molar-refractivity contribution in [1.82, 2.24) is 14.7 Å². The van der Waals surface area contributed by atoms with Crippen LogP contribution in [0.2, 0.25) is 0 Å². The number of benzene rings is 1. The van der Waals surface area contributed by atoms with Crippen LogP contribution in [0.25, 0.3) is 0 Å². The number of amides is 1. The molecule has 0 bridgehead atoms. The van der Waals surface area contributed by atoms with E-state index in [0.29, 0.717) is 0 Å². The van der Waals surface area contributed by atoms with Gasteiger partial charge in [0.05, 0.1) is 4.92 Å². The summed E-state index contributed by atoms with van der Waals surface area (Å²) >= 11 is 0. The average molecular weight is 360 g/mol. The Bertz CT molecular complexity index is 816. The topological polar surface area (TPSA) is 119 Å². The summed E-state index contributed by atoms with van der Waals surface area (Å²) in [5, 5.41) is 24.2. The van der Waals surface area contributed by atoms with E-state index in [9.17, 15) is 19.7 Å². The van der Waals surface area contributed by atoms with Gasteiger partial charge in [0.15, 0.2) is 0 Å². The number of aryl methyl sites for hydroxylation is 2. The molecule has 9 heteroatoms. The molecule has 1 amide bonds. The third-order valence-corrected chi connectivity index (χ3v) is 3.90. The highest BCUT2D eigenvalue weighted by Gasteiger charge is 2.32. The first-order valence-electron chi connectivity index (χ1n) is 8.04. The van der Waals surface area contributed by atoms with E-state index in [1.807, 2.05) is 30.3 Å². The van der Waals surface area contributed by atoms with E-state index in [1.165, 1.54) is 23.6 Å². The summed E-state index contributed by atoms with van der Waals surface area (Å²) in [5.74, 6) is -1.51. The van der Waals surface area contributed by atoms with Gasteiger partial charge >= 0.3 is 11.7 Å².